The number of nitrogens with one attached hydrogen (secondary N) is 1. The summed E-state index contributed by atoms with van der Waals surface area (Å²) in [5, 5.41) is 3.19. The Morgan fingerprint density at radius 2 is 2.32 bits per heavy atom. The van der Waals surface area contributed by atoms with Gasteiger partial charge in [-0.3, -0.25) is 9.78 Å². The Morgan fingerprint density at radius 3 is 3.11 bits per heavy atom. The molecule has 1 N–H and O–H groups in total. The molecule has 19 heavy (non-hydrogen) atoms. The molecule has 2 saturated heterocycles. The molecular formula is C12H13ClN4O2. The fourth-order valence-electron chi connectivity index (χ4n) is 2.49. The highest BCUT2D eigenvalue weighted by Crippen LogP contribution is 2.20. The van der Waals surface area contributed by atoms with Crippen molar-refractivity contribution < 1.29 is 9.59 Å². The first-order valence-corrected chi connectivity index (χ1v) is 6.48. The minimum Gasteiger partial charge on any atom is -0.336 e. The van der Waals surface area contributed by atoms with Gasteiger partial charge in [0.15, 0.2) is 0 Å². The normalized spacial score (nSPS) is 22.2. The van der Waals surface area contributed by atoms with Gasteiger partial charge in [-0.1, -0.05) is 11.6 Å². The second kappa shape index (κ2) is 4.70. The van der Waals surface area contributed by atoms with Crippen LogP contribution in [0, 0.1) is 0 Å². The van der Waals surface area contributed by atoms with E-state index in [4.69, 9.17) is 11.6 Å². The van der Waals surface area contributed by atoms with E-state index < -0.39 is 0 Å². The van der Waals surface area contributed by atoms with Crippen LogP contribution in [0.5, 0.6) is 0 Å². The summed E-state index contributed by atoms with van der Waals surface area (Å²) in [6.45, 7) is 2.19. The molecule has 1 aromatic heterocycles. The number of carbonyl (C=O) groups is 2. The molecule has 2 aliphatic heterocycles. The fourth-order valence-corrected chi connectivity index (χ4v) is 2.68. The molecule has 1 aromatic rings. The Bertz CT molecular complexity index is 536. The highest BCUT2D eigenvalue weighted by molar-refractivity contribution is 6.33. The third-order valence-electron chi connectivity index (χ3n) is 3.52. The lowest BCUT2D eigenvalue weighted by molar-refractivity contribution is 0.0616. The molecular weight excluding hydrogens is 268 g/mol. The largest absolute Gasteiger partial charge is 0.336 e. The van der Waals surface area contributed by atoms with Crippen LogP contribution >= 0.6 is 11.6 Å². The van der Waals surface area contributed by atoms with Crippen molar-refractivity contribution in [2.24, 2.45) is 0 Å². The number of pyridine rings is 1. The maximum absolute atomic E-state index is 12.4. The summed E-state index contributed by atoms with van der Waals surface area (Å²) < 4.78 is 0. The first-order chi connectivity index (χ1) is 9.16. The Balaban J connectivity index is 1.76. The first kappa shape index (κ1) is 12.2. The second-order valence-corrected chi connectivity index (χ2v) is 5.05. The maximum atomic E-state index is 12.4. The molecule has 0 aliphatic carbocycles. The molecule has 3 heterocycles. The first-order valence-electron chi connectivity index (χ1n) is 6.10. The maximum Gasteiger partial charge on any atom is 0.317 e. The lowest BCUT2D eigenvalue weighted by atomic mass is 10.1. The molecule has 6 nitrogen and oxygen atoms in total. The van der Waals surface area contributed by atoms with Crippen molar-refractivity contribution >= 4 is 23.5 Å². The van der Waals surface area contributed by atoms with Gasteiger partial charge in [0.25, 0.3) is 5.91 Å². The van der Waals surface area contributed by atoms with Gasteiger partial charge < -0.3 is 15.1 Å². The average molecular weight is 281 g/mol. The number of carbonyl (C=O) groups excluding carboxylic acids is 2. The van der Waals surface area contributed by atoms with Crippen molar-refractivity contribution in [3.63, 3.8) is 0 Å². The van der Waals surface area contributed by atoms with E-state index in [2.05, 4.69) is 10.3 Å². The van der Waals surface area contributed by atoms with Gasteiger partial charge in [-0.05, 0) is 6.07 Å². The van der Waals surface area contributed by atoms with E-state index in [1.807, 2.05) is 0 Å². The molecule has 0 aromatic carbocycles. The van der Waals surface area contributed by atoms with Crippen molar-refractivity contribution in [2.45, 2.75) is 6.04 Å². The summed E-state index contributed by atoms with van der Waals surface area (Å²) in [6, 6.07) is 1.61. The highest BCUT2D eigenvalue weighted by atomic mass is 35.5. The summed E-state index contributed by atoms with van der Waals surface area (Å²) in [5.41, 5.74) is 0.412. The molecule has 0 radical (unpaired) electrons. The SMILES string of the molecule is O=C(c1cnccc1Cl)N1CCN2C(=O)NCC2C1. The molecule has 7 heteroatoms. The van der Waals surface area contributed by atoms with Gasteiger partial charge in [0.1, 0.15) is 0 Å². The molecule has 1 unspecified atom stereocenters. The smallest absolute Gasteiger partial charge is 0.317 e. The minimum absolute atomic E-state index is 0.0449. The topological polar surface area (TPSA) is 65.5 Å². The quantitative estimate of drug-likeness (QED) is 0.819. The van der Waals surface area contributed by atoms with Crippen molar-refractivity contribution in [2.75, 3.05) is 26.2 Å². The number of urea groups is 1. The molecule has 2 fully saturated rings. The Kier molecular flexibility index (Phi) is 3.02. The Hall–Kier alpha value is -1.82. The summed E-state index contributed by atoms with van der Waals surface area (Å²) in [5.74, 6) is -0.128. The van der Waals surface area contributed by atoms with Crippen LogP contribution in [0.25, 0.3) is 0 Å². The Morgan fingerprint density at radius 1 is 1.47 bits per heavy atom. The molecule has 0 saturated carbocycles. The van der Waals surface area contributed by atoms with Gasteiger partial charge in [-0.25, -0.2) is 4.79 Å². The summed E-state index contributed by atoms with van der Waals surface area (Å²) in [7, 11) is 0. The zero-order valence-corrected chi connectivity index (χ0v) is 10.9. The lowest BCUT2D eigenvalue weighted by Gasteiger charge is -2.36. The third kappa shape index (κ3) is 2.12. The summed E-state index contributed by atoms with van der Waals surface area (Å²) in [4.78, 5) is 31.3. The number of piperazine rings is 1. The van der Waals surface area contributed by atoms with Crippen LogP contribution in [0.4, 0.5) is 4.79 Å². The van der Waals surface area contributed by atoms with Crippen LogP contribution < -0.4 is 5.32 Å². The molecule has 0 spiro atoms. The summed E-state index contributed by atoms with van der Waals surface area (Å²) >= 11 is 6.01. The summed E-state index contributed by atoms with van der Waals surface area (Å²) in [6.07, 6.45) is 3.03. The standard InChI is InChI=1S/C12H13ClN4O2/c13-10-1-2-14-6-9(10)11(18)16-3-4-17-8(7-16)5-15-12(17)19/h1-2,6,8H,3-5,7H2,(H,15,19). The van der Waals surface area contributed by atoms with E-state index >= 15 is 0 Å². The molecule has 0 bridgehead atoms. The third-order valence-corrected chi connectivity index (χ3v) is 3.85. The van der Waals surface area contributed by atoms with Crippen molar-refractivity contribution in [1.82, 2.24) is 20.1 Å². The molecule has 3 rings (SSSR count). The highest BCUT2D eigenvalue weighted by Gasteiger charge is 2.37. The van der Waals surface area contributed by atoms with Crippen LogP contribution in [0.1, 0.15) is 10.4 Å². The van der Waals surface area contributed by atoms with Crippen molar-refractivity contribution in [3.8, 4) is 0 Å². The zero-order valence-electron chi connectivity index (χ0n) is 10.2. The van der Waals surface area contributed by atoms with Gasteiger partial charge in [0.05, 0.1) is 16.6 Å². The van der Waals surface area contributed by atoms with Gasteiger partial charge in [-0.2, -0.15) is 0 Å². The number of amides is 3. The molecule has 100 valence electrons. The van der Waals surface area contributed by atoms with Crippen LogP contribution in [0.15, 0.2) is 18.5 Å². The minimum atomic E-state index is -0.128. The van der Waals surface area contributed by atoms with Crippen molar-refractivity contribution in [3.05, 3.63) is 29.0 Å². The van der Waals surface area contributed by atoms with E-state index in [0.29, 0.717) is 36.8 Å². The van der Waals surface area contributed by atoms with E-state index in [1.54, 1.807) is 22.1 Å². The predicted octanol–water partition coefficient (Wildman–Crippen LogP) is 0.585. The second-order valence-electron chi connectivity index (χ2n) is 4.64. The number of hydrogen-bond acceptors (Lipinski definition) is 3. The van der Waals surface area contributed by atoms with Gasteiger partial charge in [-0.15, -0.1) is 0 Å². The van der Waals surface area contributed by atoms with E-state index in [1.165, 1.54) is 6.20 Å². The number of rotatable bonds is 1. The van der Waals surface area contributed by atoms with Gasteiger partial charge >= 0.3 is 6.03 Å². The number of hydrogen-bond donors (Lipinski definition) is 1. The van der Waals surface area contributed by atoms with Crippen molar-refractivity contribution in [1.29, 1.82) is 0 Å². The average Bonchev–Trinajstić information content (AvgIpc) is 2.80. The zero-order chi connectivity index (χ0) is 13.4. The van der Waals surface area contributed by atoms with E-state index in [0.717, 1.165) is 0 Å². The monoisotopic (exact) mass is 280 g/mol. The molecule has 2 aliphatic rings. The van der Waals surface area contributed by atoms with Crippen LogP contribution in [-0.2, 0) is 0 Å². The number of nitrogens with zero attached hydrogens (tertiary/aromatic N) is 3. The van der Waals surface area contributed by atoms with Crippen LogP contribution in [0.2, 0.25) is 5.02 Å². The number of aromatic nitrogens is 1. The van der Waals surface area contributed by atoms with Crippen LogP contribution in [0.3, 0.4) is 0 Å². The molecule has 1 atom stereocenters. The fraction of sp³-hybridized carbons (Fsp3) is 0.417. The predicted molar refractivity (Wildman–Crippen MR) is 69.0 cm³/mol. The lowest BCUT2D eigenvalue weighted by Crippen LogP contribution is -2.53. The van der Waals surface area contributed by atoms with E-state index in [-0.39, 0.29) is 18.0 Å². The van der Waals surface area contributed by atoms with E-state index in [9.17, 15) is 9.59 Å². The number of fused-ring (bicyclic) bond motifs is 1. The van der Waals surface area contributed by atoms with Gasteiger partial charge in [0.2, 0.25) is 0 Å². The number of halogens is 1. The van der Waals surface area contributed by atoms with Gasteiger partial charge in [0, 0.05) is 38.6 Å². The Labute approximate surface area is 115 Å². The van der Waals surface area contributed by atoms with Crippen LogP contribution in [-0.4, -0.2) is 58.9 Å². The molecule has 3 amide bonds.